The zero-order valence-corrected chi connectivity index (χ0v) is 12.3. The lowest BCUT2D eigenvalue weighted by molar-refractivity contribution is 0.753. The molecule has 0 saturated carbocycles. The molecule has 0 unspecified atom stereocenters. The summed E-state index contributed by atoms with van der Waals surface area (Å²) >= 11 is 0. The van der Waals surface area contributed by atoms with Crippen LogP contribution in [0.2, 0.25) is 0 Å². The maximum Gasteiger partial charge on any atom is 0.147 e. The van der Waals surface area contributed by atoms with Gasteiger partial charge in [-0.15, -0.1) is 0 Å². The van der Waals surface area contributed by atoms with E-state index < -0.39 is 0 Å². The minimum absolute atomic E-state index is 0.723. The van der Waals surface area contributed by atoms with Crippen LogP contribution in [0, 0.1) is 6.92 Å². The Morgan fingerprint density at radius 1 is 1.15 bits per heavy atom. The summed E-state index contributed by atoms with van der Waals surface area (Å²) in [6.45, 7) is 6.46. The first kappa shape index (κ1) is 14.4. The topological polar surface area (TPSA) is 53.9 Å². The quantitative estimate of drug-likeness (QED) is 0.870. The van der Waals surface area contributed by atoms with Crippen LogP contribution in [0.3, 0.4) is 0 Å². The fourth-order valence-electron chi connectivity index (χ4n) is 2.05. The zero-order chi connectivity index (χ0) is 14.4. The van der Waals surface area contributed by atoms with Crippen LogP contribution >= 0.6 is 0 Å². The Balaban J connectivity index is 2.17. The fourth-order valence-corrected chi connectivity index (χ4v) is 2.05. The van der Waals surface area contributed by atoms with E-state index in [1.165, 1.54) is 0 Å². The molecule has 2 rings (SSSR count). The second-order valence-corrected chi connectivity index (χ2v) is 4.68. The van der Waals surface area contributed by atoms with Gasteiger partial charge in [-0.05, 0) is 33.0 Å². The van der Waals surface area contributed by atoms with Gasteiger partial charge in [-0.2, -0.15) is 0 Å². The van der Waals surface area contributed by atoms with Gasteiger partial charge in [0.15, 0.2) is 0 Å². The van der Waals surface area contributed by atoms with E-state index >= 15 is 0 Å². The van der Waals surface area contributed by atoms with Crippen LogP contribution in [0.15, 0.2) is 30.6 Å². The Morgan fingerprint density at radius 2 is 2.00 bits per heavy atom. The van der Waals surface area contributed by atoms with Crippen LogP contribution < -0.4 is 10.2 Å². The molecule has 1 N–H and O–H groups in total. The van der Waals surface area contributed by atoms with Gasteiger partial charge in [0.2, 0.25) is 0 Å². The molecule has 0 saturated heterocycles. The van der Waals surface area contributed by atoms with E-state index in [4.69, 9.17) is 0 Å². The third-order valence-corrected chi connectivity index (χ3v) is 3.03. The second-order valence-electron chi connectivity index (χ2n) is 4.68. The summed E-state index contributed by atoms with van der Waals surface area (Å²) in [5.41, 5.74) is 3.03. The number of rotatable bonds is 6. The van der Waals surface area contributed by atoms with Gasteiger partial charge < -0.3 is 10.2 Å². The van der Waals surface area contributed by atoms with E-state index in [1.807, 2.05) is 32.2 Å². The van der Waals surface area contributed by atoms with Crippen LogP contribution in [-0.4, -0.2) is 28.5 Å². The summed E-state index contributed by atoms with van der Waals surface area (Å²) in [4.78, 5) is 15.6. The summed E-state index contributed by atoms with van der Waals surface area (Å²) in [5.74, 6) is 0.892. The van der Waals surface area contributed by atoms with Crippen molar-refractivity contribution in [3.8, 4) is 0 Å². The highest BCUT2D eigenvalue weighted by Gasteiger charge is 2.09. The van der Waals surface area contributed by atoms with Gasteiger partial charge >= 0.3 is 0 Å². The highest BCUT2D eigenvalue weighted by atomic mass is 15.2. The highest BCUT2D eigenvalue weighted by Crippen LogP contribution is 2.13. The van der Waals surface area contributed by atoms with Crippen molar-refractivity contribution in [3.63, 3.8) is 0 Å². The molecule has 0 bridgehead atoms. The first-order valence-electron chi connectivity index (χ1n) is 6.86. The molecule has 2 aromatic heterocycles. The van der Waals surface area contributed by atoms with Crippen molar-refractivity contribution in [2.24, 2.45) is 0 Å². The molecule has 0 aliphatic carbocycles. The molecule has 0 atom stereocenters. The number of anilines is 1. The SMILES string of the molecule is CCN(Cc1cccc(C)n1)c1cncc(CNC)n1. The Kier molecular flexibility index (Phi) is 5.01. The minimum atomic E-state index is 0.723. The standard InChI is InChI=1S/C15H21N5/c1-4-20(11-13-7-5-6-12(2)18-13)15-10-17-9-14(19-15)8-16-3/h5-7,9-10,16H,4,8,11H2,1-3H3. The van der Waals surface area contributed by atoms with Gasteiger partial charge in [0.25, 0.3) is 0 Å². The van der Waals surface area contributed by atoms with Gasteiger partial charge in [-0.1, -0.05) is 6.07 Å². The van der Waals surface area contributed by atoms with Crippen LogP contribution in [0.1, 0.15) is 24.0 Å². The summed E-state index contributed by atoms with van der Waals surface area (Å²) < 4.78 is 0. The molecule has 0 aromatic carbocycles. The van der Waals surface area contributed by atoms with Crippen LogP contribution in [0.4, 0.5) is 5.82 Å². The number of aryl methyl sites for hydroxylation is 1. The monoisotopic (exact) mass is 271 g/mol. The van der Waals surface area contributed by atoms with Crippen molar-refractivity contribution in [2.45, 2.75) is 26.9 Å². The summed E-state index contributed by atoms with van der Waals surface area (Å²) in [6.07, 6.45) is 3.59. The number of pyridine rings is 1. The normalized spacial score (nSPS) is 10.6. The molecule has 5 heteroatoms. The molecule has 2 aromatic rings. The van der Waals surface area contributed by atoms with Crippen LogP contribution in [-0.2, 0) is 13.1 Å². The molecular weight excluding hydrogens is 250 g/mol. The van der Waals surface area contributed by atoms with E-state index in [0.717, 1.165) is 42.5 Å². The first-order valence-corrected chi connectivity index (χ1v) is 6.86. The lowest BCUT2D eigenvalue weighted by Gasteiger charge is -2.21. The summed E-state index contributed by atoms with van der Waals surface area (Å²) in [6, 6.07) is 6.09. The Hall–Kier alpha value is -2.01. The van der Waals surface area contributed by atoms with Crippen LogP contribution in [0.25, 0.3) is 0 Å². The molecular formula is C15H21N5. The van der Waals surface area contributed by atoms with Crippen LogP contribution in [0.5, 0.6) is 0 Å². The van der Waals surface area contributed by atoms with Crippen molar-refractivity contribution >= 4 is 5.82 Å². The lowest BCUT2D eigenvalue weighted by Crippen LogP contribution is -2.24. The van der Waals surface area contributed by atoms with E-state index in [9.17, 15) is 0 Å². The molecule has 0 spiro atoms. The van der Waals surface area contributed by atoms with E-state index in [2.05, 4.69) is 32.1 Å². The molecule has 0 fully saturated rings. The van der Waals surface area contributed by atoms with Gasteiger partial charge in [-0.25, -0.2) is 4.98 Å². The van der Waals surface area contributed by atoms with Gasteiger partial charge in [0, 0.05) is 25.0 Å². The van der Waals surface area contributed by atoms with E-state index in [-0.39, 0.29) is 0 Å². The summed E-state index contributed by atoms with van der Waals surface area (Å²) in [5, 5.41) is 3.09. The molecule has 5 nitrogen and oxygen atoms in total. The van der Waals surface area contributed by atoms with Crippen molar-refractivity contribution in [2.75, 3.05) is 18.5 Å². The molecule has 20 heavy (non-hydrogen) atoms. The van der Waals surface area contributed by atoms with Gasteiger partial charge in [0.05, 0.1) is 24.1 Å². The third kappa shape index (κ3) is 3.74. The summed E-state index contributed by atoms with van der Waals surface area (Å²) in [7, 11) is 1.91. The van der Waals surface area contributed by atoms with Crippen molar-refractivity contribution in [3.05, 3.63) is 47.7 Å². The highest BCUT2D eigenvalue weighted by molar-refractivity contribution is 5.37. The average molecular weight is 271 g/mol. The Bertz CT molecular complexity index is 555. The number of hydrogen-bond donors (Lipinski definition) is 1. The van der Waals surface area contributed by atoms with Gasteiger partial charge in [0.1, 0.15) is 5.82 Å². The Labute approximate surface area is 120 Å². The average Bonchev–Trinajstić information content (AvgIpc) is 2.45. The lowest BCUT2D eigenvalue weighted by atomic mass is 10.3. The maximum atomic E-state index is 4.63. The molecule has 2 heterocycles. The zero-order valence-electron chi connectivity index (χ0n) is 12.3. The largest absolute Gasteiger partial charge is 0.350 e. The van der Waals surface area contributed by atoms with E-state index in [1.54, 1.807) is 12.4 Å². The predicted molar refractivity (Wildman–Crippen MR) is 80.5 cm³/mol. The number of aromatic nitrogens is 3. The molecule has 0 radical (unpaired) electrons. The number of nitrogens with zero attached hydrogens (tertiary/aromatic N) is 4. The fraction of sp³-hybridized carbons (Fsp3) is 0.400. The molecule has 0 amide bonds. The Morgan fingerprint density at radius 3 is 2.70 bits per heavy atom. The smallest absolute Gasteiger partial charge is 0.147 e. The molecule has 106 valence electrons. The number of hydrogen-bond acceptors (Lipinski definition) is 5. The molecule has 0 aliphatic heterocycles. The minimum Gasteiger partial charge on any atom is -0.350 e. The molecule has 0 aliphatic rings. The van der Waals surface area contributed by atoms with Crippen molar-refractivity contribution in [1.29, 1.82) is 0 Å². The van der Waals surface area contributed by atoms with Crippen molar-refractivity contribution < 1.29 is 0 Å². The third-order valence-electron chi connectivity index (χ3n) is 3.03. The maximum absolute atomic E-state index is 4.63. The first-order chi connectivity index (χ1) is 9.72. The van der Waals surface area contributed by atoms with Gasteiger partial charge in [-0.3, -0.25) is 9.97 Å². The van der Waals surface area contributed by atoms with Crippen molar-refractivity contribution in [1.82, 2.24) is 20.3 Å². The van der Waals surface area contributed by atoms with E-state index in [0.29, 0.717) is 0 Å². The number of nitrogens with one attached hydrogen (secondary N) is 1. The second kappa shape index (κ2) is 6.96. The predicted octanol–water partition coefficient (Wildman–Crippen LogP) is 1.93.